The van der Waals surface area contributed by atoms with Gasteiger partial charge in [0.2, 0.25) is 0 Å². The average Bonchev–Trinajstić information content (AvgIpc) is 2.21. The molecule has 0 aromatic rings. The van der Waals surface area contributed by atoms with Gasteiger partial charge in [-0.2, -0.15) is 0 Å². The zero-order chi connectivity index (χ0) is 16.7. The summed E-state index contributed by atoms with van der Waals surface area (Å²) in [5, 5.41) is 0. The van der Waals surface area contributed by atoms with E-state index in [1.807, 2.05) is 0 Å². The Labute approximate surface area is 127 Å². The Hall–Kier alpha value is -0.340. The van der Waals surface area contributed by atoms with Crippen LogP contribution in [0.4, 0.5) is 0 Å². The van der Waals surface area contributed by atoms with Gasteiger partial charge in [-0.05, 0) is 0 Å². The van der Waals surface area contributed by atoms with Crippen molar-refractivity contribution in [3.63, 3.8) is 0 Å². The zero-order valence-corrected chi connectivity index (χ0v) is 15.8. The Balaban J connectivity index is 6.27. The van der Waals surface area contributed by atoms with Crippen LogP contribution in [-0.2, 0) is 26.2 Å². The molecule has 116 valence electrons. The van der Waals surface area contributed by atoms with Gasteiger partial charge < -0.3 is 0 Å². The van der Waals surface area contributed by atoms with Crippen molar-refractivity contribution in [3.8, 4) is 0 Å². The lowest BCUT2D eigenvalue weighted by Gasteiger charge is -2.34. The molecule has 0 bridgehead atoms. The minimum absolute atomic E-state index is 0.375. The van der Waals surface area contributed by atoms with Gasteiger partial charge in [-0.25, -0.2) is 0 Å². The monoisotopic (exact) mass is 318 g/mol. The highest BCUT2D eigenvalue weighted by molar-refractivity contribution is 8.38. The van der Waals surface area contributed by atoms with Crippen LogP contribution in [0.5, 0.6) is 0 Å². The minimum Gasteiger partial charge on any atom is -0.292 e. The quantitative estimate of drug-likeness (QED) is 0.732. The van der Waals surface area contributed by atoms with Crippen LogP contribution in [0.3, 0.4) is 0 Å². The van der Waals surface area contributed by atoms with E-state index in [-0.39, 0.29) is 16.6 Å². The number of hydrogen-bond acceptors (Lipinski definition) is 4. The van der Waals surface area contributed by atoms with Crippen LogP contribution >= 0.6 is 6.04 Å². The lowest BCUT2D eigenvalue weighted by molar-refractivity contribution is -0.124. The summed E-state index contributed by atoms with van der Waals surface area (Å²) in [6, 6.07) is -3.44. The van der Waals surface area contributed by atoms with Crippen molar-refractivity contribution >= 4 is 34.4 Å². The lowest BCUT2D eigenvalue weighted by Crippen LogP contribution is -2.36. The average molecular weight is 318 g/mol. The van der Waals surface area contributed by atoms with E-state index in [9.17, 15) is 14.4 Å². The van der Waals surface area contributed by atoms with E-state index < -0.39 is 22.3 Å². The van der Waals surface area contributed by atoms with Crippen molar-refractivity contribution in [3.05, 3.63) is 0 Å². The van der Waals surface area contributed by atoms with Crippen LogP contribution in [0.15, 0.2) is 0 Å². The van der Waals surface area contributed by atoms with Gasteiger partial charge in [0.1, 0.15) is 6.04 Å². The largest absolute Gasteiger partial charge is 0.292 e. The van der Waals surface area contributed by atoms with E-state index >= 15 is 0 Å². The third kappa shape index (κ3) is 3.85. The molecule has 0 spiro atoms. The Morgan fingerprint density at radius 3 is 0.850 bits per heavy atom. The standard InChI is InChI=1S/C15H27O3PS/c1-13(2,3)10(16)19(20,11(17)14(4,5)6)12(18)15(7,8)9/h1-9H3. The number of carbonyl (C=O) groups is 3. The second kappa shape index (κ2) is 5.46. The molecular weight excluding hydrogens is 291 g/mol. The van der Waals surface area contributed by atoms with Crippen molar-refractivity contribution < 1.29 is 14.4 Å². The van der Waals surface area contributed by atoms with Gasteiger partial charge in [0.15, 0.2) is 16.6 Å². The van der Waals surface area contributed by atoms with E-state index in [4.69, 9.17) is 11.8 Å². The number of rotatable bonds is 3. The van der Waals surface area contributed by atoms with Gasteiger partial charge in [-0.1, -0.05) is 74.1 Å². The normalized spacial score (nSPS) is 14.1. The molecule has 0 amide bonds. The van der Waals surface area contributed by atoms with Crippen molar-refractivity contribution in [2.24, 2.45) is 16.2 Å². The molecule has 0 heterocycles. The van der Waals surface area contributed by atoms with Crippen LogP contribution < -0.4 is 0 Å². The van der Waals surface area contributed by atoms with Gasteiger partial charge in [0.05, 0.1) is 0 Å². The number of hydrogen-bond donors (Lipinski definition) is 0. The van der Waals surface area contributed by atoms with E-state index in [1.54, 1.807) is 62.3 Å². The highest BCUT2D eigenvalue weighted by Crippen LogP contribution is 2.60. The summed E-state index contributed by atoms with van der Waals surface area (Å²) in [5.41, 5.74) is -3.51. The fourth-order valence-corrected chi connectivity index (χ4v) is 7.55. The van der Waals surface area contributed by atoms with Crippen LogP contribution in [0, 0.1) is 16.2 Å². The first-order valence-electron chi connectivity index (χ1n) is 6.72. The molecule has 5 heteroatoms. The smallest absolute Gasteiger partial charge is 0.183 e. The molecule has 0 aromatic carbocycles. The molecule has 0 unspecified atom stereocenters. The topological polar surface area (TPSA) is 51.2 Å². The molecule has 0 aromatic heterocycles. The van der Waals surface area contributed by atoms with E-state index in [0.29, 0.717) is 0 Å². The maximum Gasteiger partial charge on any atom is 0.183 e. The Morgan fingerprint density at radius 2 is 0.750 bits per heavy atom. The van der Waals surface area contributed by atoms with Gasteiger partial charge in [0, 0.05) is 16.2 Å². The van der Waals surface area contributed by atoms with Crippen molar-refractivity contribution in [1.82, 2.24) is 0 Å². The maximum atomic E-state index is 12.8. The SMILES string of the molecule is CC(C)(C)C(=O)P(=S)(C(=O)C(C)(C)C)C(=O)C(C)(C)C. The lowest BCUT2D eigenvalue weighted by atomic mass is 9.98. The predicted octanol–water partition coefficient (Wildman–Crippen LogP) is 4.18. The fraction of sp³-hybridized carbons (Fsp3) is 0.800. The summed E-state index contributed by atoms with van der Waals surface area (Å²) in [6.07, 6.45) is 0. The first-order valence-corrected chi connectivity index (χ1v) is 9.52. The Kier molecular flexibility index (Phi) is 5.36. The highest BCUT2D eigenvalue weighted by Gasteiger charge is 2.52. The molecule has 0 saturated heterocycles. The molecule has 0 N–H and O–H groups in total. The Morgan fingerprint density at radius 1 is 0.600 bits per heavy atom. The molecule has 20 heavy (non-hydrogen) atoms. The third-order valence-corrected chi connectivity index (χ3v) is 8.00. The van der Waals surface area contributed by atoms with Gasteiger partial charge in [-0.15, -0.1) is 0 Å². The molecule has 0 aliphatic heterocycles. The van der Waals surface area contributed by atoms with E-state index in [1.165, 1.54) is 0 Å². The molecule has 0 aliphatic rings. The molecule has 0 atom stereocenters. The maximum absolute atomic E-state index is 12.8. The predicted molar refractivity (Wildman–Crippen MR) is 87.7 cm³/mol. The summed E-state index contributed by atoms with van der Waals surface area (Å²) in [7, 11) is 0. The first-order chi connectivity index (χ1) is 8.46. The summed E-state index contributed by atoms with van der Waals surface area (Å²) in [5.74, 6) is 0. The molecule has 0 aliphatic carbocycles. The van der Waals surface area contributed by atoms with Gasteiger partial charge >= 0.3 is 0 Å². The third-order valence-electron chi connectivity index (χ3n) is 2.78. The molecule has 0 saturated carbocycles. The minimum atomic E-state index is -3.44. The zero-order valence-electron chi connectivity index (χ0n) is 14.1. The van der Waals surface area contributed by atoms with Crippen molar-refractivity contribution in [2.75, 3.05) is 0 Å². The summed E-state index contributed by atoms with van der Waals surface area (Å²) >= 11 is 5.48. The molecule has 0 rings (SSSR count). The summed E-state index contributed by atoms with van der Waals surface area (Å²) in [4.78, 5) is 38.3. The van der Waals surface area contributed by atoms with E-state index in [0.717, 1.165) is 0 Å². The summed E-state index contributed by atoms with van der Waals surface area (Å²) in [6.45, 7) is 15.4. The van der Waals surface area contributed by atoms with Gasteiger partial charge in [-0.3, -0.25) is 14.4 Å². The molecular formula is C15H27O3PS. The van der Waals surface area contributed by atoms with Crippen LogP contribution in [0.1, 0.15) is 62.3 Å². The first kappa shape index (κ1) is 19.7. The van der Waals surface area contributed by atoms with Crippen LogP contribution in [0.2, 0.25) is 0 Å². The Bertz CT molecular complexity index is 413. The van der Waals surface area contributed by atoms with E-state index in [2.05, 4.69) is 0 Å². The number of carbonyl (C=O) groups excluding carboxylic acids is 3. The summed E-state index contributed by atoms with van der Waals surface area (Å²) < 4.78 is 0. The molecule has 0 radical (unpaired) electrons. The second-order valence-electron chi connectivity index (χ2n) is 8.27. The fourth-order valence-electron chi connectivity index (χ4n) is 1.69. The van der Waals surface area contributed by atoms with Crippen molar-refractivity contribution in [1.29, 1.82) is 0 Å². The van der Waals surface area contributed by atoms with Gasteiger partial charge in [0.25, 0.3) is 0 Å². The molecule has 3 nitrogen and oxygen atoms in total. The molecule has 0 fully saturated rings. The second-order valence-corrected chi connectivity index (χ2v) is 12.4. The van der Waals surface area contributed by atoms with Crippen LogP contribution in [0.25, 0.3) is 0 Å². The van der Waals surface area contributed by atoms with Crippen LogP contribution in [-0.4, -0.2) is 16.6 Å². The van der Waals surface area contributed by atoms with Crippen molar-refractivity contribution in [2.45, 2.75) is 62.3 Å². The highest BCUT2D eigenvalue weighted by atomic mass is 32.4.